The van der Waals surface area contributed by atoms with Gasteiger partial charge in [0, 0.05) is 0 Å². The Kier molecular flexibility index (Phi) is 4.54. The molecule has 94 valence electrons. The van der Waals surface area contributed by atoms with Crippen LogP contribution in [-0.4, -0.2) is 5.11 Å². The van der Waals surface area contributed by atoms with Crippen molar-refractivity contribution in [2.45, 2.75) is 32.3 Å². The number of rotatable bonds is 5. The fourth-order valence-electron chi connectivity index (χ4n) is 2.21. The summed E-state index contributed by atoms with van der Waals surface area (Å²) >= 11 is 0. The lowest BCUT2D eigenvalue weighted by molar-refractivity contribution is 0.219. The second-order valence-electron chi connectivity index (χ2n) is 4.62. The average Bonchev–Trinajstić information content (AvgIpc) is 2.45. The van der Waals surface area contributed by atoms with E-state index in [9.17, 15) is 5.11 Å². The predicted molar refractivity (Wildman–Crippen MR) is 75.6 cm³/mol. The van der Waals surface area contributed by atoms with Crippen molar-refractivity contribution in [2.75, 3.05) is 0 Å². The maximum absolute atomic E-state index is 10.5. The predicted octanol–water partition coefficient (Wildman–Crippen LogP) is 4.11. The molecular formula is C17H20O. The van der Waals surface area contributed by atoms with E-state index in [-0.39, 0.29) is 0 Å². The first-order valence-corrected chi connectivity index (χ1v) is 6.63. The average molecular weight is 240 g/mol. The molecule has 0 spiro atoms. The van der Waals surface area contributed by atoms with E-state index in [1.807, 2.05) is 48.5 Å². The maximum atomic E-state index is 10.5. The molecule has 0 saturated heterocycles. The zero-order valence-corrected chi connectivity index (χ0v) is 10.8. The largest absolute Gasteiger partial charge is 0.384 e. The summed E-state index contributed by atoms with van der Waals surface area (Å²) in [6.45, 7) is 2.19. The van der Waals surface area contributed by atoms with Crippen molar-refractivity contribution < 1.29 is 5.11 Å². The van der Waals surface area contributed by atoms with E-state index >= 15 is 0 Å². The first-order chi connectivity index (χ1) is 8.83. The smallest absolute Gasteiger partial charge is 0.104 e. The molecule has 1 N–H and O–H groups in total. The Bertz CT molecular complexity index is 476. The van der Waals surface area contributed by atoms with E-state index in [4.69, 9.17) is 0 Å². The molecule has 0 aromatic heterocycles. The molecule has 2 aromatic rings. The minimum Gasteiger partial charge on any atom is -0.384 e. The summed E-state index contributed by atoms with van der Waals surface area (Å²) in [6, 6.07) is 18.0. The Morgan fingerprint density at radius 1 is 0.944 bits per heavy atom. The molecule has 0 unspecified atom stereocenters. The van der Waals surface area contributed by atoms with Crippen LogP contribution in [0.5, 0.6) is 0 Å². The molecule has 0 aliphatic heterocycles. The molecule has 0 fully saturated rings. The van der Waals surface area contributed by atoms with Crippen LogP contribution in [0.1, 0.15) is 42.6 Å². The summed E-state index contributed by atoms with van der Waals surface area (Å²) in [7, 11) is 0. The zero-order chi connectivity index (χ0) is 12.8. The minimum atomic E-state index is -0.515. The Morgan fingerprint density at radius 2 is 1.61 bits per heavy atom. The topological polar surface area (TPSA) is 20.2 Å². The number of aryl methyl sites for hydroxylation is 1. The van der Waals surface area contributed by atoms with Gasteiger partial charge < -0.3 is 5.11 Å². The molecule has 2 aromatic carbocycles. The summed E-state index contributed by atoms with van der Waals surface area (Å²) in [5.74, 6) is 0. The molecule has 1 heteroatoms. The molecule has 0 aliphatic rings. The highest BCUT2D eigenvalue weighted by Gasteiger charge is 2.13. The highest BCUT2D eigenvalue weighted by atomic mass is 16.3. The standard InChI is InChI=1S/C17H20O/c1-2-3-9-14-10-7-8-13-16(14)17(18)15-11-5-4-6-12-15/h4-8,10-13,17-18H,2-3,9H2,1H3/t17-/m1/s1. The molecule has 0 radical (unpaired) electrons. The van der Waals surface area contributed by atoms with Gasteiger partial charge >= 0.3 is 0 Å². The van der Waals surface area contributed by atoms with Crippen LogP contribution in [0.3, 0.4) is 0 Å². The van der Waals surface area contributed by atoms with Gasteiger partial charge in [0.15, 0.2) is 0 Å². The van der Waals surface area contributed by atoms with Crippen molar-refractivity contribution in [1.82, 2.24) is 0 Å². The van der Waals surface area contributed by atoms with Crippen LogP contribution >= 0.6 is 0 Å². The molecule has 0 amide bonds. The van der Waals surface area contributed by atoms with Crippen molar-refractivity contribution in [2.24, 2.45) is 0 Å². The number of aliphatic hydroxyl groups is 1. The van der Waals surface area contributed by atoms with E-state index in [2.05, 4.69) is 13.0 Å². The van der Waals surface area contributed by atoms with Gasteiger partial charge in [-0.2, -0.15) is 0 Å². The van der Waals surface area contributed by atoms with Crippen LogP contribution in [-0.2, 0) is 6.42 Å². The first-order valence-electron chi connectivity index (χ1n) is 6.63. The fraction of sp³-hybridized carbons (Fsp3) is 0.294. The summed E-state index contributed by atoms with van der Waals surface area (Å²) in [5.41, 5.74) is 3.26. The van der Waals surface area contributed by atoms with Crippen molar-refractivity contribution >= 4 is 0 Å². The van der Waals surface area contributed by atoms with Gasteiger partial charge in [-0.3, -0.25) is 0 Å². The van der Waals surface area contributed by atoms with E-state index in [0.717, 1.165) is 17.5 Å². The lowest BCUT2D eigenvalue weighted by Crippen LogP contribution is -2.03. The van der Waals surface area contributed by atoms with E-state index in [1.54, 1.807) is 0 Å². The normalized spacial score (nSPS) is 12.3. The summed E-state index contributed by atoms with van der Waals surface area (Å²) in [5, 5.41) is 10.5. The van der Waals surface area contributed by atoms with Crippen LogP contribution in [0.2, 0.25) is 0 Å². The summed E-state index contributed by atoms with van der Waals surface area (Å²) in [6.07, 6.45) is 2.87. The molecule has 18 heavy (non-hydrogen) atoms. The minimum absolute atomic E-state index is 0.515. The molecule has 0 bridgehead atoms. The summed E-state index contributed by atoms with van der Waals surface area (Å²) in [4.78, 5) is 0. The third kappa shape index (κ3) is 2.99. The first kappa shape index (κ1) is 12.8. The Labute approximate surface area is 109 Å². The SMILES string of the molecule is CCCCc1ccccc1[C@H](O)c1ccccc1. The van der Waals surface area contributed by atoms with Crippen molar-refractivity contribution in [1.29, 1.82) is 0 Å². The van der Waals surface area contributed by atoms with Gasteiger partial charge in [0.05, 0.1) is 0 Å². The van der Waals surface area contributed by atoms with Crippen LogP contribution in [0.4, 0.5) is 0 Å². The maximum Gasteiger partial charge on any atom is 0.104 e. The highest BCUT2D eigenvalue weighted by Crippen LogP contribution is 2.25. The third-order valence-electron chi connectivity index (χ3n) is 3.26. The molecular weight excluding hydrogens is 220 g/mol. The van der Waals surface area contributed by atoms with Crippen molar-refractivity contribution in [3.63, 3.8) is 0 Å². The number of hydrogen-bond acceptors (Lipinski definition) is 1. The Balaban J connectivity index is 2.27. The van der Waals surface area contributed by atoms with Crippen LogP contribution < -0.4 is 0 Å². The molecule has 0 aliphatic carbocycles. The second kappa shape index (κ2) is 6.36. The second-order valence-corrected chi connectivity index (χ2v) is 4.62. The van der Waals surface area contributed by atoms with Crippen molar-refractivity contribution in [3.8, 4) is 0 Å². The fourth-order valence-corrected chi connectivity index (χ4v) is 2.21. The molecule has 1 atom stereocenters. The van der Waals surface area contributed by atoms with Gasteiger partial charge in [0.25, 0.3) is 0 Å². The molecule has 0 saturated carbocycles. The zero-order valence-electron chi connectivity index (χ0n) is 10.8. The molecule has 0 heterocycles. The Morgan fingerprint density at radius 3 is 2.33 bits per heavy atom. The van der Waals surface area contributed by atoms with Gasteiger partial charge in [-0.25, -0.2) is 0 Å². The van der Waals surface area contributed by atoms with E-state index in [0.29, 0.717) is 0 Å². The lowest BCUT2D eigenvalue weighted by atomic mass is 9.94. The lowest BCUT2D eigenvalue weighted by Gasteiger charge is -2.15. The third-order valence-corrected chi connectivity index (χ3v) is 3.26. The highest BCUT2D eigenvalue weighted by molar-refractivity contribution is 5.35. The van der Waals surface area contributed by atoms with E-state index < -0.39 is 6.10 Å². The van der Waals surface area contributed by atoms with Gasteiger partial charge in [0.2, 0.25) is 0 Å². The quantitative estimate of drug-likeness (QED) is 0.833. The van der Waals surface area contributed by atoms with Gasteiger partial charge in [-0.1, -0.05) is 67.9 Å². The van der Waals surface area contributed by atoms with Crippen molar-refractivity contribution in [3.05, 3.63) is 71.3 Å². The van der Waals surface area contributed by atoms with Gasteiger partial charge in [-0.05, 0) is 29.5 Å². The van der Waals surface area contributed by atoms with Crippen LogP contribution in [0.25, 0.3) is 0 Å². The van der Waals surface area contributed by atoms with Crippen LogP contribution in [0.15, 0.2) is 54.6 Å². The number of aliphatic hydroxyl groups excluding tert-OH is 1. The molecule has 2 rings (SSSR count). The number of hydrogen-bond donors (Lipinski definition) is 1. The number of unbranched alkanes of at least 4 members (excludes halogenated alkanes) is 1. The van der Waals surface area contributed by atoms with Crippen LogP contribution in [0, 0.1) is 0 Å². The monoisotopic (exact) mass is 240 g/mol. The van der Waals surface area contributed by atoms with E-state index in [1.165, 1.54) is 18.4 Å². The van der Waals surface area contributed by atoms with Gasteiger partial charge in [-0.15, -0.1) is 0 Å². The summed E-state index contributed by atoms with van der Waals surface area (Å²) < 4.78 is 0. The number of benzene rings is 2. The molecule has 1 nitrogen and oxygen atoms in total. The van der Waals surface area contributed by atoms with Gasteiger partial charge in [0.1, 0.15) is 6.10 Å². The Hall–Kier alpha value is -1.60.